The number of carbonyl (C=O) groups excluding carboxylic acids is 1. The highest BCUT2D eigenvalue weighted by molar-refractivity contribution is 5.83. The Morgan fingerprint density at radius 1 is 1.35 bits per heavy atom. The van der Waals surface area contributed by atoms with Crippen LogP contribution in [0.1, 0.15) is 50.4 Å². The Kier molecular flexibility index (Phi) is 6.15. The van der Waals surface area contributed by atoms with Crippen LogP contribution in [-0.2, 0) is 0 Å². The number of anilines is 1. The minimum Gasteiger partial charge on any atom is -0.369 e. The van der Waals surface area contributed by atoms with Crippen LogP contribution < -0.4 is 4.90 Å². The molecule has 0 saturated heterocycles. The predicted molar refractivity (Wildman–Crippen MR) is 80.5 cm³/mol. The number of hydrogen-bond acceptors (Lipinski definition) is 4. The van der Waals surface area contributed by atoms with Gasteiger partial charge in [-0.25, -0.2) is 0 Å². The van der Waals surface area contributed by atoms with Gasteiger partial charge in [0.05, 0.1) is 10.5 Å². The van der Waals surface area contributed by atoms with E-state index in [1.807, 2.05) is 0 Å². The lowest BCUT2D eigenvalue weighted by atomic mass is 10.1. The molecule has 0 aliphatic rings. The third kappa shape index (κ3) is 4.05. The number of unbranched alkanes of at least 4 members (excludes halogenated alkanes) is 2. The van der Waals surface area contributed by atoms with Gasteiger partial charge in [-0.15, -0.1) is 0 Å². The number of nitro benzene ring substituents is 1. The highest BCUT2D eigenvalue weighted by atomic mass is 16.6. The van der Waals surface area contributed by atoms with Crippen LogP contribution in [0, 0.1) is 10.1 Å². The standard InChI is InChI=1S/C15H22N2O3/c1-4-5-6-9-16(12(2)3)14-7-8-15(17(19)20)13(10-14)11-18/h7-8,10-12H,4-6,9H2,1-3H3. The van der Waals surface area contributed by atoms with Gasteiger partial charge in [0.1, 0.15) is 0 Å². The molecular weight excluding hydrogens is 256 g/mol. The first-order valence-electron chi connectivity index (χ1n) is 7.01. The molecule has 0 aromatic heterocycles. The van der Waals surface area contributed by atoms with Crippen LogP contribution in [0.5, 0.6) is 0 Å². The molecule has 5 heteroatoms. The van der Waals surface area contributed by atoms with Crippen molar-refractivity contribution in [1.29, 1.82) is 0 Å². The van der Waals surface area contributed by atoms with Crippen molar-refractivity contribution in [3.8, 4) is 0 Å². The molecule has 0 aliphatic carbocycles. The maximum atomic E-state index is 11.0. The van der Waals surface area contributed by atoms with Gasteiger partial charge >= 0.3 is 0 Å². The van der Waals surface area contributed by atoms with Gasteiger partial charge in [0, 0.05) is 24.3 Å². The van der Waals surface area contributed by atoms with E-state index in [2.05, 4.69) is 25.7 Å². The van der Waals surface area contributed by atoms with E-state index >= 15 is 0 Å². The van der Waals surface area contributed by atoms with Gasteiger partial charge in [-0.2, -0.15) is 0 Å². The summed E-state index contributed by atoms with van der Waals surface area (Å²) in [5, 5.41) is 10.8. The average molecular weight is 278 g/mol. The summed E-state index contributed by atoms with van der Waals surface area (Å²) < 4.78 is 0. The number of rotatable bonds is 8. The van der Waals surface area contributed by atoms with Crippen molar-refractivity contribution in [2.24, 2.45) is 0 Å². The SMILES string of the molecule is CCCCCN(c1ccc([N+](=O)[O-])c(C=O)c1)C(C)C. The van der Waals surface area contributed by atoms with Gasteiger partial charge in [-0.05, 0) is 32.4 Å². The molecule has 20 heavy (non-hydrogen) atoms. The van der Waals surface area contributed by atoms with Crippen LogP contribution in [0.15, 0.2) is 18.2 Å². The fraction of sp³-hybridized carbons (Fsp3) is 0.533. The molecular formula is C15H22N2O3. The van der Waals surface area contributed by atoms with Crippen molar-refractivity contribution < 1.29 is 9.72 Å². The molecule has 110 valence electrons. The Labute approximate surface area is 119 Å². The van der Waals surface area contributed by atoms with Gasteiger partial charge in [0.15, 0.2) is 6.29 Å². The van der Waals surface area contributed by atoms with E-state index < -0.39 is 4.92 Å². The van der Waals surface area contributed by atoms with Gasteiger partial charge in [0.25, 0.3) is 5.69 Å². The van der Waals surface area contributed by atoms with Crippen LogP contribution in [-0.4, -0.2) is 23.8 Å². The van der Waals surface area contributed by atoms with E-state index in [1.54, 1.807) is 12.1 Å². The quantitative estimate of drug-likeness (QED) is 0.314. The van der Waals surface area contributed by atoms with Gasteiger partial charge in [-0.3, -0.25) is 14.9 Å². The van der Waals surface area contributed by atoms with Crippen molar-refractivity contribution in [3.05, 3.63) is 33.9 Å². The Morgan fingerprint density at radius 3 is 2.55 bits per heavy atom. The topological polar surface area (TPSA) is 63.4 Å². The number of benzene rings is 1. The second kappa shape index (κ2) is 7.62. The van der Waals surface area contributed by atoms with Crippen molar-refractivity contribution in [3.63, 3.8) is 0 Å². The fourth-order valence-corrected chi connectivity index (χ4v) is 2.20. The molecule has 0 N–H and O–H groups in total. The third-order valence-corrected chi connectivity index (χ3v) is 3.29. The Hall–Kier alpha value is -1.91. The van der Waals surface area contributed by atoms with E-state index in [4.69, 9.17) is 0 Å². The average Bonchev–Trinajstić information content (AvgIpc) is 2.42. The van der Waals surface area contributed by atoms with Crippen LogP contribution in [0.4, 0.5) is 11.4 Å². The highest BCUT2D eigenvalue weighted by Gasteiger charge is 2.17. The molecule has 0 heterocycles. The number of aldehydes is 1. The summed E-state index contributed by atoms with van der Waals surface area (Å²) in [4.78, 5) is 23.5. The summed E-state index contributed by atoms with van der Waals surface area (Å²) in [6.07, 6.45) is 3.91. The van der Waals surface area contributed by atoms with Gasteiger partial charge in [0.2, 0.25) is 0 Å². The van der Waals surface area contributed by atoms with Crippen molar-refractivity contribution in [1.82, 2.24) is 0 Å². The minimum absolute atomic E-state index is 0.133. The van der Waals surface area contributed by atoms with Crippen LogP contribution in [0.3, 0.4) is 0 Å². The summed E-state index contributed by atoms with van der Waals surface area (Å²) in [6.45, 7) is 7.19. The van der Waals surface area contributed by atoms with Crippen LogP contribution >= 0.6 is 0 Å². The Morgan fingerprint density at radius 2 is 2.05 bits per heavy atom. The second-order valence-corrected chi connectivity index (χ2v) is 5.11. The second-order valence-electron chi connectivity index (χ2n) is 5.11. The van der Waals surface area contributed by atoms with E-state index in [1.165, 1.54) is 6.07 Å². The molecule has 0 radical (unpaired) electrons. The van der Waals surface area contributed by atoms with Crippen molar-refractivity contribution >= 4 is 17.7 Å². The molecule has 0 amide bonds. The molecule has 1 rings (SSSR count). The first kappa shape index (κ1) is 16.1. The van der Waals surface area contributed by atoms with E-state index in [9.17, 15) is 14.9 Å². The highest BCUT2D eigenvalue weighted by Crippen LogP contribution is 2.25. The van der Waals surface area contributed by atoms with E-state index in [0.717, 1.165) is 31.5 Å². The van der Waals surface area contributed by atoms with Gasteiger partial charge < -0.3 is 4.90 Å². The molecule has 0 fully saturated rings. The van der Waals surface area contributed by atoms with E-state index in [0.29, 0.717) is 6.29 Å². The van der Waals surface area contributed by atoms with E-state index in [-0.39, 0.29) is 17.3 Å². The minimum atomic E-state index is -0.524. The lowest BCUT2D eigenvalue weighted by Crippen LogP contribution is -2.31. The normalized spacial score (nSPS) is 10.6. The monoisotopic (exact) mass is 278 g/mol. The summed E-state index contributed by atoms with van der Waals surface area (Å²) >= 11 is 0. The summed E-state index contributed by atoms with van der Waals surface area (Å²) in [6, 6.07) is 5.02. The predicted octanol–water partition coefficient (Wildman–Crippen LogP) is 3.81. The molecule has 0 unspecified atom stereocenters. The zero-order valence-electron chi connectivity index (χ0n) is 12.3. The maximum absolute atomic E-state index is 11.0. The fourth-order valence-electron chi connectivity index (χ4n) is 2.20. The first-order chi connectivity index (χ1) is 9.51. The number of nitro groups is 1. The third-order valence-electron chi connectivity index (χ3n) is 3.29. The molecule has 1 aromatic rings. The molecule has 1 aromatic carbocycles. The number of nitrogens with zero attached hydrogens (tertiary/aromatic N) is 2. The smallest absolute Gasteiger partial charge is 0.280 e. The molecule has 0 atom stereocenters. The number of hydrogen-bond donors (Lipinski definition) is 0. The molecule has 0 bridgehead atoms. The number of carbonyl (C=O) groups is 1. The summed E-state index contributed by atoms with van der Waals surface area (Å²) in [5.74, 6) is 0. The maximum Gasteiger partial charge on any atom is 0.280 e. The Balaban J connectivity index is 3.02. The van der Waals surface area contributed by atoms with Gasteiger partial charge in [-0.1, -0.05) is 19.8 Å². The molecule has 5 nitrogen and oxygen atoms in total. The molecule has 0 spiro atoms. The molecule has 0 saturated carbocycles. The van der Waals surface area contributed by atoms with Crippen molar-refractivity contribution in [2.75, 3.05) is 11.4 Å². The van der Waals surface area contributed by atoms with Crippen LogP contribution in [0.2, 0.25) is 0 Å². The largest absolute Gasteiger partial charge is 0.369 e. The summed E-state index contributed by atoms with van der Waals surface area (Å²) in [5.41, 5.74) is 0.860. The zero-order valence-corrected chi connectivity index (χ0v) is 12.3. The van der Waals surface area contributed by atoms with Crippen LogP contribution in [0.25, 0.3) is 0 Å². The molecule has 0 aliphatic heterocycles. The Bertz CT molecular complexity index is 472. The zero-order chi connectivity index (χ0) is 15.1. The lowest BCUT2D eigenvalue weighted by molar-refractivity contribution is -0.385. The van der Waals surface area contributed by atoms with Crippen molar-refractivity contribution in [2.45, 2.75) is 46.1 Å². The lowest BCUT2D eigenvalue weighted by Gasteiger charge is -2.29. The summed E-state index contributed by atoms with van der Waals surface area (Å²) in [7, 11) is 0. The first-order valence-corrected chi connectivity index (χ1v) is 7.01.